The molecule has 1 amide bonds. The molecule has 1 saturated heterocycles. The SMILES string of the molecule is COC(=O)c1c(NC(=O)CN2CC[C@]3(O)CCCC[C@@H]3[C@H]2c2ccc(F)cc2)sc2c1CCCC2. The minimum Gasteiger partial charge on any atom is -0.465 e. The van der Waals surface area contributed by atoms with E-state index in [2.05, 4.69) is 10.2 Å². The van der Waals surface area contributed by atoms with E-state index in [1.165, 1.54) is 30.6 Å². The molecule has 2 aliphatic carbocycles. The Hall–Kier alpha value is -2.29. The Balaban J connectivity index is 1.40. The van der Waals surface area contributed by atoms with Crippen LogP contribution in [-0.2, 0) is 22.4 Å². The first-order chi connectivity index (χ1) is 16.9. The zero-order chi connectivity index (χ0) is 24.6. The molecule has 6 nitrogen and oxygen atoms in total. The van der Waals surface area contributed by atoms with E-state index in [4.69, 9.17) is 4.74 Å². The van der Waals surface area contributed by atoms with Gasteiger partial charge in [0.05, 0.1) is 24.8 Å². The van der Waals surface area contributed by atoms with Gasteiger partial charge in [0, 0.05) is 23.4 Å². The number of fused-ring (bicyclic) bond motifs is 2. The number of carbonyl (C=O) groups excluding carboxylic acids is 2. The van der Waals surface area contributed by atoms with E-state index in [1.54, 1.807) is 12.1 Å². The van der Waals surface area contributed by atoms with Gasteiger partial charge >= 0.3 is 5.97 Å². The Labute approximate surface area is 209 Å². The number of piperidine rings is 1. The van der Waals surface area contributed by atoms with Crippen LogP contribution in [0.2, 0.25) is 0 Å². The van der Waals surface area contributed by atoms with Crippen LogP contribution < -0.4 is 5.32 Å². The molecule has 0 radical (unpaired) electrons. The third-order valence-electron chi connectivity index (χ3n) is 8.04. The largest absolute Gasteiger partial charge is 0.465 e. The van der Waals surface area contributed by atoms with Crippen LogP contribution in [-0.4, -0.2) is 47.7 Å². The number of hydrogen-bond acceptors (Lipinski definition) is 6. The van der Waals surface area contributed by atoms with E-state index in [-0.39, 0.29) is 30.2 Å². The van der Waals surface area contributed by atoms with Crippen molar-refractivity contribution in [2.45, 2.75) is 69.4 Å². The summed E-state index contributed by atoms with van der Waals surface area (Å²) < 4.78 is 18.7. The second-order valence-electron chi connectivity index (χ2n) is 10.1. The van der Waals surface area contributed by atoms with E-state index in [1.807, 2.05) is 0 Å². The van der Waals surface area contributed by atoms with Crippen LogP contribution in [0.3, 0.4) is 0 Å². The quantitative estimate of drug-likeness (QED) is 0.574. The maximum atomic E-state index is 13.7. The maximum Gasteiger partial charge on any atom is 0.341 e. The van der Waals surface area contributed by atoms with Crippen molar-refractivity contribution in [2.75, 3.05) is 25.5 Å². The zero-order valence-corrected chi connectivity index (χ0v) is 21.0. The van der Waals surface area contributed by atoms with Gasteiger partial charge in [0.1, 0.15) is 10.8 Å². The second kappa shape index (κ2) is 9.99. The highest BCUT2D eigenvalue weighted by Gasteiger charge is 2.49. The number of aryl methyl sites for hydroxylation is 1. The molecular weight excluding hydrogens is 467 g/mol. The van der Waals surface area contributed by atoms with Crippen molar-refractivity contribution in [3.05, 3.63) is 51.7 Å². The number of likely N-dealkylation sites (tertiary alicyclic amines) is 1. The average molecular weight is 501 g/mol. The fourth-order valence-corrected chi connectivity index (χ4v) is 7.64. The number of aliphatic hydroxyl groups is 1. The van der Waals surface area contributed by atoms with Crippen LogP contribution in [0.1, 0.15) is 77.3 Å². The third kappa shape index (κ3) is 4.76. The maximum absolute atomic E-state index is 13.7. The van der Waals surface area contributed by atoms with Gasteiger partial charge in [0.25, 0.3) is 0 Å². The van der Waals surface area contributed by atoms with E-state index >= 15 is 0 Å². The number of methoxy groups -OCH3 is 1. The molecule has 2 fully saturated rings. The molecule has 188 valence electrons. The Morgan fingerprint density at radius 2 is 1.94 bits per heavy atom. The number of anilines is 1. The highest BCUT2D eigenvalue weighted by Crippen LogP contribution is 2.49. The van der Waals surface area contributed by atoms with Crippen LogP contribution in [0.15, 0.2) is 24.3 Å². The molecule has 0 spiro atoms. The normalized spacial score (nSPS) is 26.5. The van der Waals surface area contributed by atoms with Crippen molar-refractivity contribution >= 4 is 28.2 Å². The molecule has 2 N–H and O–H groups in total. The van der Waals surface area contributed by atoms with E-state index in [0.717, 1.165) is 67.4 Å². The van der Waals surface area contributed by atoms with Crippen LogP contribution in [0.25, 0.3) is 0 Å². The van der Waals surface area contributed by atoms with E-state index < -0.39 is 11.6 Å². The number of halogens is 1. The Morgan fingerprint density at radius 3 is 2.71 bits per heavy atom. The van der Waals surface area contributed by atoms with Crippen LogP contribution in [0, 0.1) is 11.7 Å². The highest BCUT2D eigenvalue weighted by atomic mass is 32.1. The summed E-state index contributed by atoms with van der Waals surface area (Å²) in [5, 5.41) is 15.0. The Kier molecular flexibility index (Phi) is 6.97. The predicted octanol–water partition coefficient (Wildman–Crippen LogP) is 4.86. The van der Waals surface area contributed by atoms with Gasteiger partial charge in [-0.2, -0.15) is 0 Å². The minimum absolute atomic E-state index is 0.0112. The van der Waals surface area contributed by atoms with E-state index in [9.17, 15) is 19.1 Å². The summed E-state index contributed by atoms with van der Waals surface area (Å²) in [6.07, 6.45) is 8.14. The molecule has 1 saturated carbocycles. The van der Waals surface area contributed by atoms with Gasteiger partial charge in [-0.25, -0.2) is 9.18 Å². The number of nitrogens with zero attached hydrogens (tertiary/aromatic N) is 1. The van der Waals surface area contributed by atoms with Gasteiger partial charge in [-0.1, -0.05) is 25.0 Å². The Morgan fingerprint density at radius 1 is 1.17 bits per heavy atom. The summed E-state index contributed by atoms with van der Waals surface area (Å²) in [5.74, 6) is -0.913. The lowest BCUT2D eigenvalue weighted by molar-refractivity contribution is -0.135. The van der Waals surface area contributed by atoms with Crippen LogP contribution in [0.4, 0.5) is 9.39 Å². The summed E-state index contributed by atoms with van der Waals surface area (Å²) in [4.78, 5) is 29.1. The van der Waals surface area contributed by atoms with Gasteiger partial charge in [0.15, 0.2) is 0 Å². The summed E-state index contributed by atoms with van der Waals surface area (Å²) in [6, 6.07) is 6.27. The molecule has 1 aromatic carbocycles. The lowest BCUT2D eigenvalue weighted by atomic mass is 9.66. The average Bonchev–Trinajstić information content (AvgIpc) is 3.22. The van der Waals surface area contributed by atoms with Crippen molar-refractivity contribution in [1.29, 1.82) is 0 Å². The first-order valence-corrected chi connectivity index (χ1v) is 13.5. The number of hydrogen-bond donors (Lipinski definition) is 2. The van der Waals surface area contributed by atoms with Gasteiger partial charge < -0.3 is 15.2 Å². The van der Waals surface area contributed by atoms with Crippen molar-refractivity contribution < 1.29 is 23.8 Å². The van der Waals surface area contributed by atoms with Crippen molar-refractivity contribution in [2.24, 2.45) is 5.92 Å². The van der Waals surface area contributed by atoms with Gasteiger partial charge in [-0.3, -0.25) is 9.69 Å². The zero-order valence-electron chi connectivity index (χ0n) is 20.1. The van der Waals surface area contributed by atoms with Crippen LogP contribution >= 0.6 is 11.3 Å². The number of esters is 1. The molecule has 0 unspecified atom stereocenters. The third-order valence-corrected chi connectivity index (χ3v) is 9.25. The minimum atomic E-state index is -0.755. The number of ether oxygens (including phenoxy) is 1. The fraction of sp³-hybridized carbons (Fsp3) is 0.556. The van der Waals surface area contributed by atoms with Crippen molar-refractivity contribution in [1.82, 2.24) is 4.90 Å². The summed E-state index contributed by atoms with van der Waals surface area (Å²) in [6.45, 7) is 0.713. The molecule has 35 heavy (non-hydrogen) atoms. The Bertz CT molecular complexity index is 1100. The number of carbonyl (C=O) groups is 2. The van der Waals surface area contributed by atoms with Gasteiger partial charge in [0.2, 0.25) is 5.91 Å². The number of rotatable bonds is 5. The summed E-state index contributed by atoms with van der Waals surface area (Å²) >= 11 is 1.48. The summed E-state index contributed by atoms with van der Waals surface area (Å²) in [7, 11) is 1.37. The molecule has 0 bridgehead atoms. The van der Waals surface area contributed by atoms with Crippen molar-refractivity contribution in [3.8, 4) is 0 Å². The highest BCUT2D eigenvalue weighted by molar-refractivity contribution is 7.17. The molecule has 2 heterocycles. The van der Waals surface area contributed by atoms with E-state index in [0.29, 0.717) is 23.5 Å². The predicted molar refractivity (Wildman–Crippen MR) is 133 cm³/mol. The van der Waals surface area contributed by atoms with Crippen molar-refractivity contribution in [3.63, 3.8) is 0 Å². The standard InChI is InChI=1S/C27H33FN2O4S/c1-34-26(32)23-19-6-2-3-8-21(19)35-25(23)29-22(31)16-30-15-14-27(33)13-5-4-7-20(27)24(30)17-9-11-18(28)12-10-17/h9-12,20,24,33H,2-8,13-16H2,1H3,(H,29,31)/t20-,24-,27-/m1/s1. The molecular formula is C27H33FN2O4S. The topological polar surface area (TPSA) is 78.9 Å². The lowest BCUT2D eigenvalue weighted by Gasteiger charge is -2.52. The number of amides is 1. The molecule has 5 rings (SSSR count). The second-order valence-corrected chi connectivity index (χ2v) is 11.2. The first kappa shape index (κ1) is 24.4. The molecule has 1 aliphatic heterocycles. The molecule has 2 aromatic rings. The number of thiophene rings is 1. The van der Waals surface area contributed by atoms with Crippen LogP contribution in [0.5, 0.6) is 0 Å². The smallest absolute Gasteiger partial charge is 0.341 e. The fourth-order valence-electron chi connectivity index (χ4n) is 6.35. The van der Waals surface area contributed by atoms with Gasteiger partial charge in [-0.15, -0.1) is 11.3 Å². The monoisotopic (exact) mass is 500 g/mol. The number of nitrogens with one attached hydrogen (secondary N) is 1. The lowest BCUT2D eigenvalue weighted by Crippen LogP contribution is -2.56. The van der Waals surface area contributed by atoms with Gasteiger partial charge in [-0.05, 0) is 68.2 Å². The first-order valence-electron chi connectivity index (χ1n) is 12.6. The number of benzene rings is 1. The summed E-state index contributed by atoms with van der Waals surface area (Å²) in [5.41, 5.74) is 1.68. The molecule has 1 aromatic heterocycles. The molecule has 3 atom stereocenters. The molecule has 8 heteroatoms. The molecule has 3 aliphatic rings.